The smallest absolute Gasteiger partial charge is 0.341 e. The summed E-state index contributed by atoms with van der Waals surface area (Å²) in [6, 6.07) is 20.5. The lowest BCUT2D eigenvalue weighted by Crippen LogP contribution is -2.15. The molecule has 0 aliphatic heterocycles. The Morgan fingerprint density at radius 3 is 1.86 bits per heavy atom. The molecule has 3 nitrogen and oxygen atoms in total. The van der Waals surface area contributed by atoms with E-state index >= 15 is 0 Å². The number of hydrogen-bond donors (Lipinski definition) is 1. The number of phenolic OH excluding ortho intramolecular Hbond substituents is 1. The maximum Gasteiger partial charge on any atom is 0.341 e. The highest BCUT2D eigenvalue weighted by Gasteiger charge is 2.29. The van der Waals surface area contributed by atoms with Crippen LogP contribution in [-0.4, -0.2) is 18.2 Å². The molecule has 0 fully saturated rings. The number of benzene rings is 3. The third-order valence-electron chi connectivity index (χ3n) is 5.46. The maximum absolute atomic E-state index is 12.5. The third-order valence-corrected chi connectivity index (χ3v) is 5.46. The highest BCUT2D eigenvalue weighted by Crippen LogP contribution is 2.42. The summed E-state index contributed by atoms with van der Waals surface area (Å²) in [5.74, 6) is -0.518. The van der Waals surface area contributed by atoms with Gasteiger partial charge in [0.25, 0.3) is 0 Å². The molecule has 0 aliphatic carbocycles. The molecule has 3 heteroatoms. The number of aromatic hydroxyl groups is 1. The number of hydrogen-bond acceptors (Lipinski definition) is 3. The molecule has 0 unspecified atom stereocenters. The van der Waals surface area contributed by atoms with Crippen LogP contribution in [0.3, 0.4) is 0 Å². The van der Waals surface area contributed by atoms with Crippen molar-refractivity contribution in [2.45, 2.75) is 33.1 Å². The Hall–Kier alpha value is -3.07. The molecule has 0 bridgehead atoms. The molecule has 3 aromatic carbocycles. The van der Waals surface area contributed by atoms with Crippen LogP contribution in [0.2, 0.25) is 0 Å². The van der Waals surface area contributed by atoms with Gasteiger partial charge in [-0.3, -0.25) is 0 Å². The van der Waals surface area contributed by atoms with E-state index in [1.165, 1.54) is 7.11 Å². The fourth-order valence-electron chi connectivity index (χ4n) is 4.12. The zero-order chi connectivity index (χ0) is 20.3. The van der Waals surface area contributed by atoms with Gasteiger partial charge in [-0.2, -0.15) is 0 Å². The van der Waals surface area contributed by atoms with Gasteiger partial charge in [0, 0.05) is 5.92 Å². The minimum atomic E-state index is -0.508. The van der Waals surface area contributed by atoms with Gasteiger partial charge in [-0.1, -0.05) is 67.6 Å². The van der Waals surface area contributed by atoms with Gasteiger partial charge in [0.1, 0.15) is 11.3 Å². The lowest BCUT2D eigenvalue weighted by Gasteiger charge is -2.27. The third kappa shape index (κ3) is 3.40. The van der Waals surface area contributed by atoms with Crippen molar-refractivity contribution in [3.8, 4) is 5.75 Å². The first-order valence-electron chi connectivity index (χ1n) is 9.54. The number of carbonyl (C=O) groups excluding carboxylic acids is 1. The first-order valence-corrected chi connectivity index (χ1v) is 9.54. The summed E-state index contributed by atoms with van der Waals surface area (Å²) in [6.45, 7) is 5.91. The van der Waals surface area contributed by atoms with Crippen LogP contribution >= 0.6 is 0 Å². The standard InChI is InChI=1S/C25H26O3/c1-5-20-16(2)21(17(3)22(24(20)26)25(27)28-4)23(18-12-8-6-9-13-18)19-14-10-7-11-15-19/h6-15,23,26H,5H2,1-4H3. The summed E-state index contributed by atoms with van der Waals surface area (Å²) in [6.07, 6.45) is 0.630. The van der Waals surface area contributed by atoms with Crippen LogP contribution in [0.5, 0.6) is 5.75 Å². The van der Waals surface area contributed by atoms with Crippen LogP contribution < -0.4 is 0 Å². The number of esters is 1. The molecule has 0 spiro atoms. The molecule has 0 saturated heterocycles. The summed E-state index contributed by atoms with van der Waals surface area (Å²) >= 11 is 0. The van der Waals surface area contributed by atoms with Crippen LogP contribution in [0, 0.1) is 13.8 Å². The summed E-state index contributed by atoms with van der Waals surface area (Å²) < 4.78 is 4.98. The van der Waals surface area contributed by atoms with Gasteiger partial charge in [-0.05, 0) is 53.6 Å². The van der Waals surface area contributed by atoms with E-state index in [0.717, 1.165) is 33.4 Å². The van der Waals surface area contributed by atoms with Crippen LogP contribution in [0.1, 0.15) is 56.6 Å². The van der Waals surface area contributed by atoms with Crippen molar-refractivity contribution >= 4 is 5.97 Å². The average molecular weight is 374 g/mol. The van der Waals surface area contributed by atoms with Crippen molar-refractivity contribution in [1.82, 2.24) is 0 Å². The lowest BCUT2D eigenvalue weighted by molar-refractivity contribution is 0.0596. The molecule has 3 rings (SSSR count). The maximum atomic E-state index is 12.5. The van der Waals surface area contributed by atoms with E-state index < -0.39 is 5.97 Å². The zero-order valence-electron chi connectivity index (χ0n) is 16.8. The number of methoxy groups -OCH3 is 1. The SMILES string of the molecule is CCc1c(C)c(C(c2ccccc2)c2ccccc2)c(C)c(C(=O)OC)c1O. The zero-order valence-corrected chi connectivity index (χ0v) is 16.8. The molecular formula is C25H26O3. The Labute approximate surface area is 166 Å². The van der Waals surface area contributed by atoms with E-state index in [-0.39, 0.29) is 17.2 Å². The molecule has 0 saturated carbocycles. The first-order chi connectivity index (χ1) is 13.5. The Morgan fingerprint density at radius 1 is 0.929 bits per heavy atom. The van der Waals surface area contributed by atoms with Crippen molar-refractivity contribution in [1.29, 1.82) is 0 Å². The predicted octanol–water partition coefficient (Wildman–Crippen LogP) is 5.54. The minimum absolute atomic E-state index is 0.0352. The average Bonchev–Trinajstić information content (AvgIpc) is 2.72. The summed E-state index contributed by atoms with van der Waals surface area (Å²) in [5, 5.41) is 10.8. The fourth-order valence-corrected chi connectivity index (χ4v) is 4.12. The second-order valence-electron chi connectivity index (χ2n) is 6.97. The van der Waals surface area contributed by atoms with E-state index in [4.69, 9.17) is 4.74 Å². The summed E-state index contributed by atoms with van der Waals surface area (Å²) in [7, 11) is 1.35. The topological polar surface area (TPSA) is 46.5 Å². The second kappa shape index (κ2) is 8.30. The van der Waals surface area contributed by atoms with Crippen LogP contribution in [0.25, 0.3) is 0 Å². The summed E-state index contributed by atoms with van der Waals surface area (Å²) in [5.41, 5.74) is 6.16. The van der Waals surface area contributed by atoms with Crippen molar-refractivity contribution < 1.29 is 14.6 Å². The summed E-state index contributed by atoms with van der Waals surface area (Å²) in [4.78, 5) is 12.5. The molecule has 3 aromatic rings. The highest BCUT2D eigenvalue weighted by atomic mass is 16.5. The Bertz CT molecular complexity index is 936. The normalized spacial score (nSPS) is 10.9. The molecule has 0 aromatic heterocycles. The highest BCUT2D eigenvalue weighted by molar-refractivity contribution is 5.95. The molecule has 0 radical (unpaired) electrons. The van der Waals surface area contributed by atoms with Crippen LogP contribution in [-0.2, 0) is 11.2 Å². The molecular weight excluding hydrogens is 348 g/mol. The van der Waals surface area contributed by atoms with Gasteiger partial charge in [0.05, 0.1) is 7.11 Å². The van der Waals surface area contributed by atoms with Crippen molar-refractivity contribution in [3.05, 3.63) is 99.6 Å². The molecule has 0 heterocycles. The van der Waals surface area contributed by atoms with Gasteiger partial charge >= 0.3 is 5.97 Å². The van der Waals surface area contributed by atoms with Gasteiger partial charge in [-0.15, -0.1) is 0 Å². The molecule has 0 amide bonds. The number of phenols is 1. The van der Waals surface area contributed by atoms with Gasteiger partial charge < -0.3 is 9.84 Å². The Kier molecular flexibility index (Phi) is 5.84. The Balaban J connectivity index is 2.39. The first kappa shape index (κ1) is 19.7. The second-order valence-corrected chi connectivity index (χ2v) is 6.97. The molecule has 0 aliphatic rings. The van der Waals surface area contributed by atoms with Gasteiger partial charge in [-0.25, -0.2) is 4.79 Å². The number of carbonyl (C=O) groups is 1. The largest absolute Gasteiger partial charge is 0.507 e. The fraction of sp³-hybridized carbons (Fsp3) is 0.240. The monoisotopic (exact) mass is 374 g/mol. The van der Waals surface area contributed by atoms with E-state index in [2.05, 4.69) is 24.3 Å². The predicted molar refractivity (Wildman–Crippen MR) is 112 cm³/mol. The molecule has 1 N–H and O–H groups in total. The number of rotatable bonds is 5. The lowest BCUT2D eigenvalue weighted by atomic mass is 9.77. The van der Waals surface area contributed by atoms with Crippen LogP contribution in [0.4, 0.5) is 0 Å². The van der Waals surface area contributed by atoms with E-state index in [9.17, 15) is 9.90 Å². The van der Waals surface area contributed by atoms with Crippen molar-refractivity contribution in [3.63, 3.8) is 0 Å². The van der Waals surface area contributed by atoms with Crippen molar-refractivity contribution in [2.75, 3.05) is 7.11 Å². The number of ether oxygens (including phenoxy) is 1. The minimum Gasteiger partial charge on any atom is -0.507 e. The van der Waals surface area contributed by atoms with Gasteiger partial charge in [0.2, 0.25) is 0 Å². The molecule has 144 valence electrons. The quantitative estimate of drug-likeness (QED) is 0.471. The molecule has 28 heavy (non-hydrogen) atoms. The van der Waals surface area contributed by atoms with Gasteiger partial charge in [0.15, 0.2) is 0 Å². The van der Waals surface area contributed by atoms with E-state index in [1.54, 1.807) is 0 Å². The van der Waals surface area contributed by atoms with E-state index in [1.807, 2.05) is 57.2 Å². The van der Waals surface area contributed by atoms with E-state index in [0.29, 0.717) is 6.42 Å². The Morgan fingerprint density at radius 2 is 1.43 bits per heavy atom. The molecule has 0 atom stereocenters. The van der Waals surface area contributed by atoms with Crippen molar-refractivity contribution in [2.24, 2.45) is 0 Å². The van der Waals surface area contributed by atoms with Crippen LogP contribution in [0.15, 0.2) is 60.7 Å².